The van der Waals surface area contributed by atoms with Gasteiger partial charge in [0.15, 0.2) is 11.6 Å². The average molecular weight is 392 g/mol. The number of imidazole rings is 1. The Bertz CT molecular complexity index is 1080. The minimum absolute atomic E-state index is 0.0692. The van der Waals surface area contributed by atoms with E-state index in [1.54, 1.807) is 0 Å². The molecule has 0 aliphatic heterocycles. The summed E-state index contributed by atoms with van der Waals surface area (Å²) in [5.74, 6) is -0.873. The Morgan fingerprint density at radius 1 is 0.862 bits per heavy atom. The smallest absolute Gasteiger partial charge is 0.161 e. The fourth-order valence-electron chi connectivity index (χ4n) is 4.03. The van der Waals surface area contributed by atoms with Crippen molar-refractivity contribution < 1.29 is 8.78 Å². The Hall–Kier alpha value is -2.75. The molecule has 0 saturated carbocycles. The first-order valence-corrected chi connectivity index (χ1v) is 10.5. The van der Waals surface area contributed by atoms with Crippen LogP contribution in [-0.4, -0.2) is 9.97 Å². The monoisotopic (exact) mass is 392 g/mol. The SMILES string of the molecule is CCCCCCCC(c1ccc2ccccc2c1)c1nc2cc(F)c(F)cc2[nH]1. The van der Waals surface area contributed by atoms with Gasteiger partial charge in [0.1, 0.15) is 5.82 Å². The summed E-state index contributed by atoms with van der Waals surface area (Å²) in [7, 11) is 0. The van der Waals surface area contributed by atoms with Gasteiger partial charge in [-0.05, 0) is 22.8 Å². The molecule has 29 heavy (non-hydrogen) atoms. The van der Waals surface area contributed by atoms with Gasteiger partial charge >= 0.3 is 0 Å². The van der Waals surface area contributed by atoms with Crippen LogP contribution in [0.5, 0.6) is 0 Å². The van der Waals surface area contributed by atoms with E-state index in [1.807, 2.05) is 12.1 Å². The van der Waals surface area contributed by atoms with Crippen molar-refractivity contribution >= 4 is 21.8 Å². The number of halogens is 2. The van der Waals surface area contributed by atoms with E-state index >= 15 is 0 Å². The molecule has 1 heterocycles. The van der Waals surface area contributed by atoms with Crippen molar-refractivity contribution in [1.82, 2.24) is 9.97 Å². The van der Waals surface area contributed by atoms with Crippen LogP contribution in [0.4, 0.5) is 8.78 Å². The summed E-state index contributed by atoms with van der Waals surface area (Å²) >= 11 is 0. The highest BCUT2D eigenvalue weighted by atomic mass is 19.2. The van der Waals surface area contributed by atoms with Crippen molar-refractivity contribution in [3.05, 3.63) is 77.6 Å². The molecule has 0 fully saturated rings. The van der Waals surface area contributed by atoms with E-state index in [1.165, 1.54) is 54.2 Å². The molecular weight excluding hydrogens is 366 g/mol. The summed E-state index contributed by atoms with van der Waals surface area (Å²) in [6.45, 7) is 2.21. The van der Waals surface area contributed by atoms with Gasteiger partial charge in [0.05, 0.1) is 11.0 Å². The highest BCUT2D eigenvalue weighted by molar-refractivity contribution is 5.83. The number of aromatic amines is 1. The molecule has 0 saturated heterocycles. The molecule has 0 spiro atoms. The van der Waals surface area contributed by atoms with Gasteiger partial charge in [-0.25, -0.2) is 13.8 Å². The molecule has 1 atom stereocenters. The van der Waals surface area contributed by atoms with Crippen LogP contribution in [0.1, 0.15) is 62.8 Å². The topological polar surface area (TPSA) is 28.7 Å². The first-order chi connectivity index (χ1) is 14.2. The number of H-pyrrole nitrogens is 1. The van der Waals surface area contributed by atoms with Crippen LogP contribution >= 0.6 is 0 Å². The Labute approximate surface area is 170 Å². The summed E-state index contributed by atoms with van der Waals surface area (Å²) < 4.78 is 27.3. The Morgan fingerprint density at radius 2 is 1.62 bits per heavy atom. The van der Waals surface area contributed by atoms with E-state index in [2.05, 4.69) is 47.2 Å². The van der Waals surface area contributed by atoms with Gasteiger partial charge in [-0.15, -0.1) is 0 Å². The zero-order valence-electron chi connectivity index (χ0n) is 16.7. The van der Waals surface area contributed by atoms with E-state index in [9.17, 15) is 8.78 Å². The lowest BCUT2D eigenvalue weighted by Gasteiger charge is -2.16. The molecule has 0 radical (unpaired) electrons. The molecule has 150 valence electrons. The number of hydrogen-bond acceptors (Lipinski definition) is 1. The molecule has 4 aromatic rings. The summed E-state index contributed by atoms with van der Waals surface area (Å²) in [6.07, 6.45) is 6.93. The molecule has 4 rings (SSSR count). The lowest BCUT2D eigenvalue weighted by molar-refractivity contribution is 0.510. The number of fused-ring (bicyclic) bond motifs is 2. The third-order valence-corrected chi connectivity index (χ3v) is 5.64. The zero-order valence-corrected chi connectivity index (χ0v) is 16.7. The quantitative estimate of drug-likeness (QED) is 0.309. The van der Waals surface area contributed by atoms with Gasteiger partial charge < -0.3 is 4.98 Å². The fraction of sp³-hybridized carbons (Fsp3) is 0.320. The second kappa shape index (κ2) is 8.73. The molecule has 1 aromatic heterocycles. The Morgan fingerprint density at radius 3 is 2.45 bits per heavy atom. The molecule has 2 nitrogen and oxygen atoms in total. The summed E-state index contributed by atoms with van der Waals surface area (Å²) in [5, 5.41) is 2.39. The van der Waals surface area contributed by atoms with E-state index in [0.717, 1.165) is 18.7 Å². The lowest BCUT2D eigenvalue weighted by atomic mass is 9.90. The van der Waals surface area contributed by atoms with Crippen LogP contribution in [0.2, 0.25) is 0 Å². The number of rotatable bonds is 8. The maximum absolute atomic E-state index is 13.7. The van der Waals surface area contributed by atoms with Gasteiger partial charge in [0.25, 0.3) is 0 Å². The zero-order chi connectivity index (χ0) is 20.2. The van der Waals surface area contributed by atoms with E-state index in [4.69, 9.17) is 0 Å². The first-order valence-electron chi connectivity index (χ1n) is 10.5. The van der Waals surface area contributed by atoms with Crippen LogP contribution in [0.3, 0.4) is 0 Å². The summed E-state index contributed by atoms with van der Waals surface area (Å²) in [5.41, 5.74) is 2.19. The third kappa shape index (κ3) is 4.31. The van der Waals surface area contributed by atoms with Crippen LogP contribution in [0.25, 0.3) is 21.8 Å². The Balaban J connectivity index is 1.69. The van der Waals surface area contributed by atoms with E-state index in [0.29, 0.717) is 11.0 Å². The number of nitrogens with zero attached hydrogens (tertiary/aromatic N) is 1. The van der Waals surface area contributed by atoms with Gasteiger partial charge in [-0.2, -0.15) is 0 Å². The van der Waals surface area contributed by atoms with Gasteiger partial charge in [0.2, 0.25) is 0 Å². The molecular formula is C25H26F2N2. The third-order valence-electron chi connectivity index (χ3n) is 5.64. The molecule has 3 aromatic carbocycles. The number of unbranched alkanes of at least 4 members (excludes halogenated alkanes) is 4. The number of aromatic nitrogens is 2. The van der Waals surface area contributed by atoms with E-state index < -0.39 is 11.6 Å². The van der Waals surface area contributed by atoms with Gasteiger partial charge in [-0.3, -0.25) is 0 Å². The number of benzene rings is 3. The predicted octanol–water partition coefficient (Wildman–Crippen LogP) is 7.49. The summed E-state index contributed by atoms with van der Waals surface area (Å²) in [6, 6.07) is 17.1. The van der Waals surface area contributed by atoms with Crippen LogP contribution in [0.15, 0.2) is 54.6 Å². The highest BCUT2D eigenvalue weighted by Gasteiger charge is 2.19. The largest absolute Gasteiger partial charge is 0.341 e. The average Bonchev–Trinajstić information content (AvgIpc) is 3.13. The number of nitrogens with one attached hydrogen (secondary N) is 1. The first kappa shape index (κ1) is 19.6. The highest BCUT2D eigenvalue weighted by Crippen LogP contribution is 2.32. The molecule has 4 heteroatoms. The van der Waals surface area contributed by atoms with Crippen LogP contribution in [-0.2, 0) is 0 Å². The second-order valence-electron chi connectivity index (χ2n) is 7.77. The minimum Gasteiger partial charge on any atom is -0.341 e. The maximum atomic E-state index is 13.7. The van der Waals surface area contributed by atoms with Gasteiger partial charge in [-0.1, -0.05) is 81.5 Å². The van der Waals surface area contributed by atoms with Crippen molar-refractivity contribution in [3.63, 3.8) is 0 Å². The minimum atomic E-state index is -0.864. The van der Waals surface area contributed by atoms with Crippen LogP contribution in [0, 0.1) is 11.6 Å². The molecule has 0 aliphatic carbocycles. The standard InChI is InChI=1S/C25H26F2N2/c1-2-3-4-5-6-11-20(19-13-12-17-9-7-8-10-18(17)14-19)25-28-23-15-21(26)22(27)16-24(23)29-25/h7-10,12-16,20H,2-6,11H2,1H3,(H,28,29). The predicted molar refractivity (Wildman–Crippen MR) is 115 cm³/mol. The Kier molecular flexibility index (Phi) is 5.89. The molecule has 1 N–H and O–H groups in total. The summed E-state index contributed by atoms with van der Waals surface area (Å²) in [4.78, 5) is 7.87. The van der Waals surface area contributed by atoms with Crippen LogP contribution < -0.4 is 0 Å². The molecule has 0 bridgehead atoms. The van der Waals surface area contributed by atoms with Crippen molar-refractivity contribution in [2.45, 2.75) is 51.4 Å². The van der Waals surface area contributed by atoms with Gasteiger partial charge in [0, 0.05) is 18.1 Å². The van der Waals surface area contributed by atoms with Crippen molar-refractivity contribution in [2.75, 3.05) is 0 Å². The fourth-order valence-corrected chi connectivity index (χ4v) is 4.03. The lowest BCUT2D eigenvalue weighted by Crippen LogP contribution is -2.04. The van der Waals surface area contributed by atoms with E-state index in [-0.39, 0.29) is 5.92 Å². The number of hydrogen-bond donors (Lipinski definition) is 1. The maximum Gasteiger partial charge on any atom is 0.161 e. The normalized spacial score (nSPS) is 12.7. The molecule has 1 unspecified atom stereocenters. The second-order valence-corrected chi connectivity index (χ2v) is 7.77. The molecule has 0 aliphatic rings. The van der Waals surface area contributed by atoms with Crippen molar-refractivity contribution in [3.8, 4) is 0 Å². The van der Waals surface area contributed by atoms with Crippen molar-refractivity contribution in [2.24, 2.45) is 0 Å². The van der Waals surface area contributed by atoms with Crippen molar-refractivity contribution in [1.29, 1.82) is 0 Å². The molecule has 0 amide bonds.